The molecule has 0 bridgehead atoms. The van der Waals surface area contributed by atoms with Crippen LogP contribution in [0.25, 0.3) is 0 Å². The van der Waals surface area contributed by atoms with Gasteiger partial charge in [0.25, 0.3) is 0 Å². The van der Waals surface area contributed by atoms with Gasteiger partial charge in [-0.25, -0.2) is 35.2 Å². The molecule has 3 aromatic rings. The second-order valence-electron chi connectivity index (χ2n) is 10.4. The lowest BCUT2D eigenvalue weighted by atomic mass is 9.91. The Balaban J connectivity index is 1.63. The molecule has 43 heavy (non-hydrogen) atoms. The molecule has 1 fully saturated rings. The van der Waals surface area contributed by atoms with Crippen LogP contribution in [0.2, 0.25) is 0 Å². The first kappa shape index (κ1) is 32.1. The van der Waals surface area contributed by atoms with Gasteiger partial charge in [0.2, 0.25) is 21.7 Å². The van der Waals surface area contributed by atoms with E-state index in [0.717, 1.165) is 43.2 Å². The van der Waals surface area contributed by atoms with E-state index in [1.54, 1.807) is 0 Å². The molecule has 1 aliphatic carbocycles. The van der Waals surface area contributed by atoms with E-state index in [2.05, 4.69) is 0 Å². The third-order valence-electron chi connectivity index (χ3n) is 7.57. The van der Waals surface area contributed by atoms with Gasteiger partial charge in [0, 0.05) is 12.7 Å². The smallest absolute Gasteiger partial charge is 0.335 e. The summed E-state index contributed by atoms with van der Waals surface area (Å²) in [5.41, 5.74) is 1.92. The predicted octanol–water partition coefficient (Wildman–Crippen LogP) is 6.37. The summed E-state index contributed by atoms with van der Waals surface area (Å²) in [6.45, 7) is -1.13. The summed E-state index contributed by atoms with van der Waals surface area (Å²) in [7, 11) is -4.61. The molecule has 3 aromatic carbocycles. The zero-order valence-electron chi connectivity index (χ0n) is 23.1. The highest BCUT2D eigenvalue weighted by Gasteiger charge is 2.37. The van der Waals surface area contributed by atoms with Crippen LogP contribution in [0, 0.1) is 29.1 Å². The number of carboxylic acids is 1. The molecule has 0 saturated heterocycles. The highest BCUT2D eigenvalue weighted by Crippen LogP contribution is 2.32. The molecule has 0 heterocycles. The van der Waals surface area contributed by atoms with Gasteiger partial charge in [-0.3, -0.25) is 4.79 Å². The average Bonchev–Trinajstić information content (AvgIpc) is 3.28. The van der Waals surface area contributed by atoms with E-state index in [-0.39, 0.29) is 22.1 Å². The fourth-order valence-corrected chi connectivity index (χ4v) is 6.35. The van der Waals surface area contributed by atoms with Gasteiger partial charge in [-0.15, -0.1) is 0 Å². The molecule has 0 unspecified atom stereocenters. The second kappa shape index (κ2) is 13.2. The van der Waals surface area contributed by atoms with Crippen molar-refractivity contribution in [3.63, 3.8) is 0 Å². The first-order chi connectivity index (χ1) is 20.3. The summed E-state index contributed by atoms with van der Waals surface area (Å²) >= 11 is 0. The van der Waals surface area contributed by atoms with Gasteiger partial charge in [0.15, 0.2) is 28.2 Å². The lowest BCUT2D eigenvalue weighted by molar-refractivity contribution is -0.118. The maximum Gasteiger partial charge on any atom is 0.335 e. The number of benzene rings is 3. The molecule has 1 amide bonds. The molecule has 7 nitrogen and oxygen atoms in total. The normalized spacial score (nSPS) is 14.5. The molecule has 0 spiro atoms. The largest absolute Gasteiger partial charge is 0.478 e. The average molecular weight is 625 g/mol. The number of carbonyl (C=O) groups is 2. The molecule has 13 heteroatoms. The lowest BCUT2D eigenvalue weighted by Gasteiger charge is -2.26. The van der Waals surface area contributed by atoms with Crippen molar-refractivity contribution in [2.24, 2.45) is 0 Å². The van der Waals surface area contributed by atoms with Gasteiger partial charge in [0.05, 0.1) is 18.7 Å². The van der Waals surface area contributed by atoms with Crippen LogP contribution in [0.3, 0.4) is 0 Å². The molecule has 0 aliphatic heterocycles. The van der Waals surface area contributed by atoms with Crippen molar-refractivity contribution in [1.82, 2.24) is 4.31 Å². The van der Waals surface area contributed by atoms with Crippen LogP contribution in [0.5, 0.6) is 0 Å². The molecule has 1 N–H and O–H groups in total. The third kappa shape index (κ3) is 6.88. The molecule has 0 atom stereocenters. The Kier molecular flexibility index (Phi) is 9.86. The fraction of sp³-hybridized carbons (Fsp3) is 0.333. The van der Waals surface area contributed by atoms with Gasteiger partial charge in [-0.1, -0.05) is 49.9 Å². The Morgan fingerprint density at radius 2 is 1.30 bits per heavy atom. The van der Waals surface area contributed by atoms with Crippen molar-refractivity contribution in [2.45, 2.75) is 55.9 Å². The molecular weight excluding hydrogens is 595 g/mol. The van der Waals surface area contributed by atoms with E-state index in [0.29, 0.717) is 11.5 Å². The Labute approximate surface area is 245 Å². The van der Waals surface area contributed by atoms with Crippen LogP contribution in [-0.4, -0.2) is 43.3 Å². The van der Waals surface area contributed by atoms with Crippen LogP contribution in [0.1, 0.15) is 65.9 Å². The number of amides is 1. The van der Waals surface area contributed by atoms with Crippen LogP contribution in [0.15, 0.2) is 53.4 Å². The van der Waals surface area contributed by atoms with Gasteiger partial charge in [-0.05, 0) is 54.2 Å². The van der Waals surface area contributed by atoms with Gasteiger partial charge >= 0.3 is 5.97 Å². The fourth-order valence-electron chi connectivity index (χ4n) is 5.13. The number of anilines is 1. The number of rotatable bonds is 9. The monoisotopic (exact) mass is 624 g/mol. The maximum absolute atomic E-state index is 14.3. The summed E-state index contributed by atoms with van der Waals surface area (Å²) in [5, 5.41) is 9.24. The Morgan fingerprint density at radius 1 is 0.791 bits per heavy atom. The minimum atomic E-state index is -5.37. The third-order valence-corrected chi connectivity index (χ3v) is 9.39. The number of carboxylic acid groups (broad SMARTS) is 1. The Bertz CT molecular complexity index is 1580. The second-order valence-corrected chi connectivity index (χ2v) is 12.4. The molecule has 230 valence electrons. The number of nitrogens with zero attached hydrogens (tertiary/aromatic N) is 2. The molecule has 4 rings (SSSR count). The quantitative estimate of drug-likeness (QED) is 0.129. The number of aromatic carboxylic acids is 1. The number of likely N-dealkylation sites (N-methyl/N-ethyl adjacent to an activating group) is 1. The number of sulfonamides is 1. The minimum absolute atomic E-state index is 0.0742. The summed E-state index contributed by atoms with van der Waals surface area (Å²) in [6, 6.07) is 12.7. The molecule has 1 aliphatic rings. The first-order valence-electron chi connectivity index (χ1n) is 13.5. The summed E-state index contributed by atoms with van der Waals surface area (Å²) < 4.78 is 95.7. The molecule has 0 radical (unpaired) electrons. The van der Waals surface area contributed by atoms with Crippen LogP contribution >= 0.6 is 0 Å². The number of halogens is 5. The standard InChI is InChI=1S/C30H29F5N2O5S/c1-36(43(41,42)29-27(34)25(32)24(31)26(33)28(29)35)17-23(38)37(22-14-12-21(13-15-22)30(39)40)16-18-8-10-20(11-9-18)19-6-4-2-3-5-7-19/h8-15,19H,2-7,16-17H2,1H3,(H,39,40). The minimum Gasteiger partial charge on any atom is -0.478 e. The summed E-state index contributed by atoms with van der Waals surface area (Å²) in [5.74, 6) is -14.2. The zero-order valence-corrected chi connectivity index (χ0v) is 23.9. The van der Waals surface area contributed by atoms with Crippen LogP contribution in [-0.2, 0) is 21.4 Å². The lowest BCUT2D eigenvalue weighted by Crippen LogP contribution is -2.41. The van der Waals surface area contributed by atoms with Crippen molar-refractivity contribution in [1.29, 1.82) is 0 Å². The summed E-state index contributed by atoms with van der Waals surface area (Å²) in [6.07, 6.45) is 6.82. The maximum atomic E-state index is 14.3. The van der Waals surface area contributed by atoms with E-state index >= 15 is 0 Å². The van der Waals surface area contributed by atoms with Crippen molar-refractivity contribution in [3.05, 3.63) is 94.3 Å². The van der Waals surface area contributed by atoms with E-state index in [1.165, 1.54) is 37.1 Å². The van der Waals surface area contributed by atoms with Crippen molar-refractivity contribution < 1.29 is 45.1 Å². The van der Waals surface area contributed by atoms with E-state index in [1.807, 2.05) is 24.3 Å². The topological polar surface area (TPSA) is 95.0 Å². The van der Waals surface area contributed by atoms with Crippen LogP contribution < -0.4 is 4.90 Å². The molecule has 1 saturated carbocycles. The van der Waals surface area contributed by atoms with Crippen LogP contribution in [0.4, 0.5) is 27.6 Å². The van der Waals surface area contributed by atoms with Crippen molar-refractivity contribution in [2.75, 3.05) is 18.5 Å². The highest BCUT2D eigenvalue weighted by atomic mass is 32.2. The van der Waals surface area contributed by atoms with Crippen molar-refractivity contribution >= 4 is 27.6 Å². The zero-order chi connectivity index (χ0) is 31.5. The number of hydrogen-bond donors (Lipinski definition) is 1. The van der Waals surface area contributed by atoms with E-state index < -0.39 is 62.4 Å². The van der Waals surface area contributed by atoms with Gasteiger partial charge < -0.3 is 10.0 Å². The van der Waals surface area contributed by atoms with Crippen molar-refractivity contribution in [3.8, 4) is 0 Å². The molecular formula is C30H29F5N2O5S. The predicted molar refractivity (Wildman–Crippen MR) is 148 cm³/mol. The SMILES string of the molecule is CN(CC(=O)N(Cc1ccc(C2CCCCCC2)cc1)c1ccc(C(=O)O)cc1)S(=O)(=O)c1c(F)c(F)c(F)c(F)c1F. The Hall–Kier alpha value is -3.84. The Morgan fingerprint density at radius 3 is 1.81 bits per heavy atom. The van der Waals surface area contributed by atoms with E-state index in [4.69, 9.17) is 0 Å². The van der Waals surface area contributed by atoms with E-state index in [9.17, 15) is 45.1 Å². The van der Waals surface area contributed by atoms with Gasteiger partial charge in [0.1, 0.15) is 0 Å². The molecule has 0 aromatic heterocycles. The number of hydrogen-bond acceptors (Lipinski definition) is 4. The highest BCUT2D eigenvalue weighted by molar-refractivity contribution is 7.89. The number of carbonyl (C=O) groups excluding carboxylic acids is 1. The summed E-state index contributed by atoms with van der Waals surface area (Å²) in [4.78, 5) is 23.8. The van der Waals surface area contributed by atoms with Gasteiger partial charge in [-0.2, -0.15) is 4.31 Å². The first-order valence-corrected chi connectivity index (χ1v) is 15.0.